The van der Waals surface area contributed by atoms with Crippen LogP contribution < -0.4 is 5.56 Å². The quantitative estimate of drug-likeness (QED) is 0.552. The molecule has 0 N–H and O–H groups in total. The van der Waals surface area contributed by atoms with Crippen LogP contribution in [0.4, 0.5) is 0 Å². The van der Waals surface area contributed by atoms with E-state index in [4.69, 9.17) is 9.47 Å². The van der Waals surface area contributed by atoms with Gasteiger partial charge in [0.15, 0.2) is 0 Å². The molecule has 29 heavy (non-hydrogen) atoms. The van der Waals surface area contributed by atoms with Gasteiger partial charge in [0, 0.05) is 6.42 Å². The van der Waals surface area contributed by atoms with Gasteiger partial charge >= 0.3 is 11.9 Å². The second-order valence-corrected chi connectivity index (χ2v) is 7.51. The zero-order valence-electron chi connectivity index (χ0n) is 16.5. The Labute approximate surface area is 171 Å². The fourth-order valence-corrected chi connectivity index (χ4v) is 4.17. The summed E-state index contributed by atoms with van der Waals surface area (Å²) in [7, 11) is 1.28. The van der Waals surface area contributed by atoms with Crippen LogP contribution >= 0.6 is 11.3 Å². The van der Waals surface area contributed by atoms with Gasteiger partial charge in [0.2, 0.25) is 0 Å². The summed E-state index contributed by atoms with van der Waals surface area (Å²) in [5.41, 5.74) is 1.22. The molecule has 2 heterocycles. The zero-order valence-corrected chi connectivity index (χ0v) is 17.3. The van der Waals surface area contributed by atoms with E-state index in [1.165, 1.54) is 18.0 Å². The van der Waals surface area contributed by atoms with Gasteiger partial charge in [-0.25, -0.2) is 14.6 Å². The van der Waals surface area contributed by atoms with Crippen molar-refractivity contribution in [2.45, 2.75) is 32.7 Å². The van der Waals surface area contributed by atoms with E-state index in [0.717, 1.165) is 16.9 Å². The topological polar surface area (TPSA) is 87.5 Å². The molecule has 0 aliphatic heterocycles. The van der Waals surface area contributed by atoms with Crippen LogP contribution in [0.2, 0.25) is 0 Å². The Balaban J connectivity index is 1.85. The number of carbonyl (C=O) groups excluding carboxylic acids is 2. The lowest BCUT2D eigenvalue weighted by Crippen LogP contribution is -2.30. The Bertz CT molecular complexity index is 1090. The predicted molar refractivity (Wildman–Crippen MR) is 110 cm³/mol. The molecule has 3 aromatic rings. The molecule has 0 aliphatic carbocycles. The van der Waals surface area contributed by atoms with E-state index in [1.54, 1.807) is 13.8 Å². The molecule has 3 rings (SSSR count). The number of carbonyl (C=O) groups is 2. The summed E-state index contributed by atoms with van der Waals surface area (Å²) in [6.07, 6.45) is 2.33. The molecule has 0 saturated heterocycles. The second-order valence-electron chi connectivity index (χ2n) is 6.51. The second kappa shape index (κ2) is 9.00. The molecule has 0 aliphatic rings. The maximum atomic E-state index is 13.0. The summed E-state index contributed by atoms with van der Waals surface area (Å²) >= 11 is 1.12. The number of hydrogen-bond acceptors (Lipinski definition) is 7. The molecular weight excluding hydrogens is 392 g/mol. The van der Waals surface area contributed by atoms with Crippen molar-refractivity contribution in [2.75, 3.05) is 13.7 Å². The SMILES string of the molecule is CCC(C(=O)OC)n1cnc2sc(C(=O)OCCc3ccccc3)c(C)c2c1=O. The van der Waals surface area contributed by atoms with E-state index in [0.29, 0.717) is 33.5 Å². The van der Waals surface area contributed by atoms with Crippen molar-refractivity contribution >= 4 is 33.5 Å². The number of rotatable bonds is 7. The first-order valence-electron chi connectivity index (χ1n) is 9.27. The van der Waals surface area contributed by atoms with Gasteiger partial charge in [0.1, 0.15) is 15.7 Å². The van der Waals surface area contributed by atoms with Crippen LogP contribution in [-0.4, -0.2) is 35.2 Å². The van der Waals surface area contributed by atoms with Gasteiger partial charge in [-0.1, -0.05) is 37.3 Å². The number of fused-ring (bicyclic) bond motifs is 1. The molecule has 0 spiro atoms. The van der Waals surface area contributed by atoms with Gasteiger partial charge in [0.05, 0.1) is 25.4 Å². The fraction of sp³-hybridized carbons (Fsp3) is 0.333. The van der Waals surface area contributed by atoms with Crippen LogP contribution in [0.1, 0.15) is 40.2 Å². The van der Waals surface area contributed by atoms with Gasteiger partial charge in [-0.3, -0.25) is 9.36 Å². The monoisotopic (exact) mass is 414 g/mol. The van der Waals surface area contributed by atoms with Gasteiger partial charge in [0.25, 0.3) is 5.56 Å². The maximum Gasteiger partial charge on any atom is 0.348 e. The lowest BCUT2D eigenvalue weighted by atomic mass is 10.2. The molecule has 1 aromatic carbocycles. The Kier molecular flexibility index (Phi) is 6.43. The van der Waals surface area contributed by atoms with Crippen molar-refractivity contribution in [2.24, 2.45) is 0 Å². The van der Waals surface area contributed by atoms with Crippen molar-refractivity contribution in [3.63, 3.8) is 0 Å². The van der Waals surface area contributed by atoms with E-state index in [2.05, 4.69) is 4.98 Å². The minimum atomic E-state index is -0.759. The Morgan fingerprint density at radius 1 is 1.24 bits per heavy atom. The Morgan fingerprint density at radius 2 is 1.97 bits per heavy atom. The molecule has 8 heteroatoms. The normalized spacial score (nSPS) is 12.0. The van der Waals surface area contributed by atoms with Crippen LogP contribution in [0.3, 0.4) is 0 Å². The number of thiophene rings is 1. The molecule has 0 amide bonds. The van der Waals surface area contributed by atoms with Gasteiger partial charge in [-0.15, -0.1) is 11.3 Å². The number of methoxy groups -OCH3 is 1. The number of hydrogen-bond donors (Lipinski definition) is 0. The number of aryl methyl sites for hydroxylation is 1. The summed E-state index contributed by atoms with van der Waals surface area (Å²) in [5, 5.41) is 0.329. The van der Waals surface area contributed by atoms with E-state index in [9.17, 15) is 14.4 Å². The van der Waals surface area contributed by atoms with Crippen LogP contribution in [-0.2, 0) is 20.7 Å². The van der Waals surface area contributed by atoms with Crippen LogP contribution in [0, 0.1) is 6.92 Å². The van der Waals surface area contributed by atoms with Crippen molar-refractivity contribution in [3.8, 4) is 0 Å². The van der Waals surface area contributed by atoms with Gasteiger partial charge in [-0.05, 0) is 24.5 Å². The van der Waals surface area contributed by atoms with Crippen LogP contribution in [0.25, 0.3) is 10.2 Å². The third-order valence-electron chi connectivity index (χ3n) is 4.72. The minimum Gasteiger partial charge on any atom is -0.467 e. The minimum absolute atomic E-state index is 0.244. The third-order valence-corrected chi connectivity index (χ3v) is 5.90. The summed E-state index contributed by atoms with van der Waals surface area (Å²) < 4.78 is 11.4. The summed E-state index contributed by atoms with van der Waals surface area (Å²) in [6.45, 7) is 3.72. The Morgan fingerprint density at radius 3 is 2.62 bits per heavy atom. The maximum absolute atomic E-state index is 13.0. The molecule has 0 radical (unpaired) electrons. The standard InChI is InChI=1S/C21H22N2O5S/c1-4-15(20(25)27-3)23-12-22-18-16(19(23)24)13(2)17(29-18)21(26)28-11-10-14-8-6-5-7-9-14/h5-9,12,15H,4,10-11H2,1-3H3. The summed E-state index contributed by atoms with van der Waals surface area (Å²) in [4.78, 5) is 42.6. The van der Waals surface area contributed by atoms with Crippen molar-refractivity contribution in [3.05, 3.63) is 63.0 Å². The first-order chi connectivity index (χ1) is 14.0. The predicted octanol–water partition coefficient (Wildman–Crippen LogP) is 3.29. The Hall–Kier alpha value is -3.00. The summed E-state index contributed by atoms with van der Waals surface area (Å²) in [6, 6.07) is 8.97. The first kappa shape index (κ1) is 20.7. The number of aromatic nitrogens is 2. The van der Waals surface area contributed by atoms with Gasteiger partial charge < -0.3 is 9.47 Å². The average molecular weight is 414 g/mol. The fourth-order valence-electron chi connectivity index (χ4n) is 3.14. The zero-order chi connectivity index (χ0) is 21.0. The highest BCUT2D eigenvalue weighted by atomic mass is 32.1. The largest absolute Gasteiger partial charge is 0.467 e. The smallest absolute Gasteiger partial charge is 0.348 e. The summed E-state index contributed by atoms with van der Waals surface area (Å²) in [5.74, 6) is -0.989. The molecule has 1 atom stereocenters. The molecule has 0 bridgehead atoms. The van der Waals surface area contributed by atoms with Crippen molar-refractivity contribution < 1.29 is 19.1 Å². The molecule has 1 unspecified atom stereocenters. The average Bonchev–Trinajstić information content (AvgIpc) is 3.08. The third kappa shape index (κ3) is 4.22. The number of benzene rings is 1. The van der Waals surface area contributed by atoms with E-state index in [-0.39, 0.29) is 12.2 Å². The van der Waals surface area contributed by atoms with Crippen molar-refractivity contribution in [1.29, 1.82) is 0 Å². The highest BCUT2D eigenvalue weighted by Crippen LogP contribution is 2.28. The first-order valence-corrected chi connectivity index (χ1v) is 10.1. The van der Waals surface area contributed by atoms with Crippen LogP contribution in [0.15, 0.2) is 41.5 Å². The van der Waals surface area contributed by atoms with Gasteiger partial charge in [-0.2, -0.15) is 0 Å². The molecular formula is C21H22N2O5S. The number of nitrogens with zero attached hydrogens (tertiary/aromatic N) is 2. The number of ether oxygens (including phenoxy) is 2. The number of esters is 2. The van der Waals surface area contributed by atoms with Crippen LogP contribution in [0.5, 0.6) is 0 Å². The highest BCUT2D eigenvalue weighted by molar-refractivity contribution is 7.20. The highest BCUT2D eigenvalue weighted by Gasteiger charge is 2.25. The lowest BCUT2D eigenvalue weighted by molar-refractivity contribution is -0.144. The van der Waals surface area contributed by atoms with E-state index >= 15 is 0 Å². The molecule has 152 valence electrons. The molecule has 0 fully saturated rings. The van der Waals surface area contributed by atoms with E-state index in [1.807, 2.05) is 30.3 Å². The van der Waals surface area contributed by atoms with Crippen molar-refractivity contribution in [1.82, 2.24) is 9.55 Å². The molecule has 2 aromatic heterocycles. The molecule has 7 nitrogen and oxygen atoms in total. The van der Waals surface area contributed by atoms with E-state index < -0.39 is 18.0 Å². The lowest BCUT2D eigenvalue weighted by Gasteiger charge is -2.15. The molecule has 0 saturated carbocycles.